The molecule has 0 atom stereocenters. The zero-order valence-electron chi connectivity index (χ0n) is 16.3. The van der Waals surface area contributed by atoms with Crippen LogP contribution in [0.2, 0.25) is 0 Å². The fourth-order valence-electron chi connectivity index (χ4n) is 3.61. The van der Waals surface area contributed by atoms with Gasteiger partial charge in [-0.25, -0.2) is 13.6 Å². The summed E-state index contributed by atoms with van der Waals surface area (Å²) in [5, 5.41) is 18.1. The molecule has 2 aromatic carbocycles. The summed E-state index contributed by atoms with van der Waals surface area (Å²) >= 11 is 0. The Balaban J connectivity index is 1.89. The highest BCUT2D eigenvalue weighted by atomic mass is 32.2. The van der Waals surface area contributed by atoms with Crippen molar-refractivity contribution in [2.24, 2.45) is 5.14 Å². The van der Waals surface area contributed by atoms with Crippen molar-refractivity contribution >= 4 is 44.2 Å². The van der Waals surface area contributed by atoms with E-state index in [1.165, 1.54) is 18.2 Å². The number of sulfonamides is 1. The zero-order chi connectivity index (χ0) is 21.5. The molecule has 0 aliphatic carbocycles. The van der Waals surface area contributed by atoms with Gasteiger partial charge in [-0.2, -0.15) is 0 Å². The molecule has 4 N–H and O–H groups in total. The normalized spacial score (nSPS) is 14.9. The summed E-state index contributed by atoms with van der Waals surface area (Å²) in [7, 11) is -2.32. The Morgan fingerprint density at radius 3 is 2.73 bits per heavy atom. The number of aryl methyl sites for hydroxylation is 1. The molecule has 156 valence electrons. The Labute approximate surface area is 173 Å². The highest BCUT2D eigenvalue weighted by Crippen LogP contribution is 2.36. The molecule has 0 saturated carbocycles. The van der Waals surface area contributed by atoms with Crippen molar-refractivity contribution in [1.29, 1.82) is 0 Å². The first-order valence-electron chi connectivity index (χ1n) is 9.30. The van der Waals surface area contributed by atoms with Crippen LogP contribution in [0.3, 0.4) is 0 Å². The number of aliphatic hydroxyl groups is 1. The molecule has 0 saturated heterocycles. The molecular weight excluding hydrogens is 406 g/mol. The number of hydrogen-bond acceptors (Lipinski definition) is 5. The highest BCUT2D eigenvalue weighted by Gasteiger charge is 2.26. The molecule has 3 aromatic rings. The Morgan fingerprint density at radius 1 is 1.23 bits per heavy atom. The number of methoxy groups -OCH3 is 1. The summed E-state index contributed by atoms with van der Waals surface area (Å²) in [5.74, 6) is 0.352. The number of hydrogen-bond donors (Lipinski definition) is 3. The maximum atomic E-state index is 12.6. The minimum atomic E-state index is -3.90. The van der Waals surface area contributed by atoms with Crippen molar-refractivity contribution in [3.8, 4) is 5.75 Å². The quantitative estimate of drug-likeness (QED) is 0.520. The van der Waals surface area contributed by atoms with Crippen molar-refractivity contribution in [3.05, 3.63) is 53.7 Å². The number of aliphatic hydroxyl groups excluding tert-OH is 1. The van der Waals surface area contributed by atoms with E-state index in [0.29, 0.717) is 35.5 Å². The predicted molar refractivity (Wildman–Crippen MR) is 115 cm³/mol. The smallest absolute Gasteiger partial charge is 0.256 e. The number of carbonyl (C=O) groups excluding carboxylic acids is 1. The fourth-order valence-corrected chi connectivity index (χ4v) is 4.15. The van der Waals surface area contributed by atoms with Crippen molar-refractivity contribution in [3.63, 3.8) is 0 Å². The van der Waals surface area contributed by atoms with E-state index < -0.39 is 10.0 Å². The Hall–Kier alpha value is -3.14. The van der Waals surface area contributed by atoms with Crippen molar-refractivity contribution in [2.75, 3.05) is 19.0 Å². The molecule has 8 nitrogen and oxygen atoms in total. The summed E-state index contributed by atoms with van der Waals surface area (Å²) in [6, 6.07) is 9.95. The van der Waals surface area contributed by atoms with E-state index in [9.17, 15) is 18.3 Å². The lowest BCUT2D eigenvalue weighted by atomic mass is 10.0. The lowest BCUT2D eigenvalue weighted by Crippen LogP contribution is -2.12. The number of anilines is 1. The van der Waals surface area contributed by atoms with Gasteiger partial charge in [0.15, 0.2) is 0 Å². The zero-order valence-corrected chi connectivity index (χ0v) is 17.1. The molecular formula is C21H21N3O5S. The maximum absolute atomic E-state index is 12.6. The first-order valence-corrected chi connectivity index (χ1v) is 10.8. The number of ether oxygens (including phenoxy) is 1. The number of aromatic nitrogens is 1. The number of benzene rings is 2. The molecule has 1 aliphatic heterocycles. The third kappa shape index (κ3) is 3.58. The highest BCUT2D eigenvalue weighted by molar-refractivity contribution is 7.89. The third-order valence-corrected chi connectivity index (χ3v) is 5.99. The molecule has 0 radical (unpaired) electrons. The number of primary sulfonamides is 1. The molecule has 4 rings (SSSR count). The van der Waals surface area contributed by atoms with Crippen LogP contribution < -0.4 is 15.2 Å². The summed E-state index contributed by atoms with van der Waals surface area (Å²) in [6.45, 7) is 0.680. The Kier molecular flexibility index (Phi) is 5.10. The van der Waals surface area contributed by atoms with Crippen LogP contribution in [-0.2, 0) is 21.4 Å². The molecule has 9 heteroatoms. The minimum absolute atomic E-state index is 0.0595. The SMILES string of the molecule is COc1ccc2c(c1)c(/C=C1\C(=O)Nc3ccc(S(N)(=O)=O)cc31)cn2CCCO. The number of nitrogens with zero attached hydrogens (tertiary/aromatic N) is 1. The first-order chi connectivity index (χ1) is 14.3. The van der Waals surface area contributed by atoms with E-state index in [-0.39, 0.29) is 17.4 Å². The number of nitrogens with two attached hydrogens (primary N) is 1. The topological polar surface area (TPSA) is 124 Å². The van der Waals surface area contributed by atoms with Gasteiger partial charge in [0.05, 0.1) is 12.0 Å². The third-order valence-electron chi connectivity index (χ3n) is 5.08. The largest absolute Gasteiger partial charge is 0.497 e. The molecule has 30 heavy (non-hydrogen) atoms. The fraction of sp³-hybridized carbons (Fsp3) is 0.190. The van der Waals surface area contributed by atoms with Gasteiger partial charge in [-0.3, -0.25) is 4.79 Å². The lowest BCUT2D eigenvalue weighted by Gasteiger charge is -2.04. The van der Waals surface area contributed by atoms with E-state index in [1.54, 1.807) is 13.2 Å². The minimum Gasteiger partial charge on any atom is -0.497 e. The number of nitrogens with one attached hydrogen (secondary N) is 1. The standard InChI is InChI=1S/C21H21N3O5S/c1-29-14-3-6-20-16(10-14)13(12-24(20)7-2-8-25)9-18-17-11-15(30(22,27)28)4-5-19(17)23-21(18)26/h3-6,9-12,25H,2,7-8H2,1H3,(H,23,26)(H2,22,27,28)/b18-9-. The van der Waals surface area contributed by atoms with Crippen LogP contribution in [0.15, 0.2) is 47.5 Å². The van der Waals surface area contributed by atoms with Gasteiger partial charge in [0.2, 0.25) is 10.0 Å². The number of fused-ring (bicyclic) bond motifs is 2. The second kappa shape index (κ2) is 7.60. The summed E-state index contributed by atoms with van der Waals surface area (Å²) < 4.78 is 30.8. The molecule has 0 spiro atoms. The molecule has 1 amide bonds. The summed E-state index contributed by atoms with van der Waals surface area (Å²) in [4.78, 5) is 12.6. The van der Waals surface area contributed by atoms with Crippen LogP contribution in [0.5, 0.6) is 5.75 Å². The van der Waals surface area contributed by atoms with Crippen molar-refractivity contribution in [2.45, 2.75) is 17.9 Å². The molecule has 0 bridgehead atoms. The van der Waals surface area contributed by atoms with Crippen LogP contribution >= 0.6 is 0 Å². The monoisotopic (exact) mass is 427 g/mol. The Morgan fingerprint density at radius 2 is 2.03 bits per heavy atom. The van der Waals surface area contributed by atoms with E-state index in [4.69, 9.17) is 9.88 Å². The number of rotatable bonds is 6. The van der Waals surface area contributed by atoms with Crippen LogP contribution in [0.4, 0.5) is 5.69 Å². The van der Waals surface area contributed by atoms with Gasteiger partial charge in [0.1, 0.15) is 5.75 Å². The van der Waals surface area contributed by atoms with Crippen molar-refractivity contribution < 1.29 is 23.1 Å². The first kappa shape index (κ1) is 20.1. The Bertz CT molecular complexity index is 1290. The van der Waals surface area contributed by atoms with Gasteiger partial charge in [-0.15, -0.1) is 0 Å². The molecule has 1 aromatic heterocycles. The summed E-state index contributed by atoms with van der Waals surface area (Å²) in [5.41, 5.74) is 3.07. The molecule has 0 unspecified atom stereocenters. The maximum Gasteiger partial charge on any atom is 0.256 e. The molecule has 2 heterocycles. The average Bonchev–Trinajstić information content (AvgIpc) is 3.22. The van der Waals surface area contributed by atoms with Gasteiger partial charge < -0.3 is 19.7 Å². The predicted octanol–water partition coefficient (Wildman–Crippen LogP) is 2.17. The summed E-state index contributed by atoms with van der Waals surface area (Å²) in [6.07, 6.45) is 4.22. The number of amides is 1. The van der Waals surface area contributed by atoms with Gasteiger partial charge in [-0.1, -0.05) is 0 Å². The van der Waals surface area contributed by atoms with Crippen LogP contribution in [0.1, 0.15) is 17.5 Å². The van der Waals surface area contributed by atoms with Crippen LogP contribution in [0.25, 0.3) is 22.6 Å². The van der Waals surface area contributed by atoms with Crippen molar-refractivity contribution in [1.82, 2.24) is 4.57 Å². The van der Waals surface area contributed by atoms with E-state index in [1.807, 2.05) is 29.0 Å². The van der Waals surface area contributed by atoms with Gasteiger partial charge in [0.25, 0.3) is 5.91 Å². The van der Waals surface area contributed by atoms with Crippen LogP contribution in [0, 0.1) is 0 Å². The van der Waals surface area contributed by atoms with E-state index in [2.05, 4.69) is 5.32 Å². The average molecular weight is 427 g/mol. The van der Waals surface area contributed by atoms with Crippen LogP contribution in [-0.4, -0.2) is 37.7 Å². The second-order valence-corrected chi connectivity index (χ2v) is 8.56. The number of carbonyl (C=O) groups is 1. The van der Waals surface area contributed by atoms with Gasteiger partial charge in [0, 0.05) is 52.6 Å². The lowest BCUT2D eigenvalue weighted by molar-refractivity contribution is -0.110. The molecule has 1 aliphatic rings. The second-order valence-electron chi connectivity index (χ2n) is 7.00. The van der Waals surface area contributed by atoms with E-state index in [0.717, 1.165) is 16.5 Å². The molecule has 0 fully saturated rings. The van der Waals surface area contributed by atoms with E-state index >= 15 is 0 Å². The van der Waals surface area contributed by atoms with Gasteiger partial charge in [-0.05, 0) is 48.9 Å². The van der Waals surface area contributed by atoms with Gasteiger partial charge >= 0.3 is 0 Å².